The zero-order valence-corrected chi connectivity index (χ0v) is 13.5. The summed E-state index contributed by atoms with van der Waals surface area (Å²) in [5.41, 5.74) is 6.35. The quantitative estimate of drug-likeness (QED) is 0.737. The number of rotatable bonds is 8. The Morgan fingerprint density at radius 3 is 2.42 bits per heavy atom. The predicted molar refractivity (Wildman–Crippen MR) is 82.3 cm³/mol. The summed E-state index contributed by atoms with van der Waals surface area (Å²) in [4.78, 5) is 2.55. The molecule has 0 spiro atoms. The van der Waals surface area contributed by atoms with Gasteiger partial charge in [-0.2, -0.15) is 0 Å². The Morgan fingerprint density at radius 2 is 1.95 bits per heavy atom. The molecule has 1 aliphatic rings. The van der Waals surface area contributed by atoms with E-state index >= 15 is 0 Å². The Balaban J connectivity index is 2.62. The second-order valence-electron chi connectivity index (χ2n) is 6.44. The van der Waals surface area contributed by atoms with Gasteiger partial charge in [-0.05, 0) is 44.6 Å². The van der Waals surface area contributed by atoms with Gasteiger partial charge in [-0.25, -0.2) is 0 Å². The number of hydrogen-bond acceptors (Lipinski definition) is 3. The molecule has 1 rings (SSSR count). The number of nitrogens with two attached hydrogens (primary N) is 1. The van der Waals surface area contributed by atoms with E-state index < -0.39 is 0 Å². The summed E-state index contributed by atoms with van der Waals surface area (Å²) in [5, 5.41) is 0. The molecule has 2 atom stereocenters. The molecule has 1 fully saturated rings. The highest BCUT2D eigenvalue weighted by Gasteiger charge is 2.34. The van der Waals surface area contributed by atoms with Crippen molar-refractivity contribution in [2.45, 2.75) is 58.4 Å². The lowest BCUT2D eigenvalue weighted by Gasteiger charge is -2.44. The molecular formula is C16H34N2O. The van der Waals surface area contributed by atoms with Crippen LogP contribution in [-0.2, 0) is 4.74 Å². The van der Waals surface area contributed by atoms with Gasteiger partial charge in [0.25, 0.3) is 0 Å². The molecule has 0 radical (unpaired) electrons. The van der Waals surface area contributed by atoms with E-state index in [0.717, 1.165) is 38.0 Å². The fraction of sp³-hybridized carbons (Fsp3) is 1.00. The third-order valence-electron chi connectivity index (χ3n) is 5.15. The normalized spacial score (nSPS) is 22.4. The minimum absolute atomic E-state index is 0.188. The Hall–Kier alpha value is -0.120. The van der Waals surface area contributed by atoms with Crippen LogP contribution in [0.5, 0.6) is 0 Å². The van der Waals surface area contributed by atoms with Crippen LogP contribution in [0.4, 0.5) is 0 Å². The third-order valence-corrected chi connectivity index (χ3v) is 5.15. The molecule has 0 aromatic rings. The highest BCUT2D eigenvalue weighted by atomic mass is 16.5. The molecule has 1 aliphatic heterocycles. The van der Waals surface area contributed by atoms with Gasteiger partial charge in [0, 0.05) is 31.8 Å². The second kappa shape index (κ2) is 8.23. The zero-order chi connectivity index (χ0) is 14.3. The Kier molecular flexibility index (Phi) is 7.33. The van der Waals surface area contributed by atoms with Gasteiger partial charge in [-0.1, -0.05) is 27.2 Å². The minimum atomic E-state index is 0.188. The fourth-order valence-electron chi connectivity index (χ4n) is 3.26. The summed E-state index contributed by atoms with van der Waals surface area (Å²) in [5.74, 6) is 1.54. The lowest BCUT2D eigenvalue weighted by Crippen LogP contribution is -2.54. The third kappa shape index (κ3) is 4.73. The number of likely N-dealkylation sites (N-methyl/N-ethyl adjacent to an activating group) is 1. The largest absolute Gasteiger partial charge is 0.381 e. The molecule has 2 N–H and O–H groups in total. The Morgan fingerprint density at radius 1 is 1.32 bits per heavy atom. The molecule has 2 unspecified atom stereocenters. The highest BCUT2D eigenvalue weighted by Crippen LogP contribution is 2.29. The molecule has 3 heteroatoms. The van der Waals surface area contributed by atoms with Crippen molar-refractivity contribution in [3.63, 3.8) is 0 Å². The average molecular weight is 270 g/mol. The van der Waals surface area contributed by atoms with E-state index in [1.807, 2.05) is 0 Å². The summed E-state index contributed by atoms with van der Waals surface area (Å²) >= 11 is 0. The van der Waals surface area contributed by atoms with Crippen LogP contribution < -0.4 is 5.73 Å². The number of ether oxygens (including phenoxy) is 1. The van der Waals surface area contributed by atoms with Crippen molar-refractivity contribution in [2.75, 3.05) is 33.4 Å². The van der Waals surface area contributed by atoms with Gasteiger partial charge >= 0.3 is 0 Å². The Labute approximate surface area is 119 Å². The molecule has 0 aromatic carbocycles. The molecular weight excluding hydrogens is 236 g/mol. The molecule has 3 nitrogen and oxygen atoms in total. The van der Waals surface area contributed by atoms with Crippen LogP contribution in [0, 0.1) is 11.8 Å². The van der Waals surface area contributed by atoms with Gasteiger partial charge in [0.05, 0.1) is 0 Å². The lowest BCUT2D eigenvalue weighted by molar-refractivity contribution is 0.0258. The van der Waals surface area contributed by atoms with Gasteiger partial charge in [0.1, 0.15) is 0 Å². The monoisotopic (exact) mass is 270 g/mol. The van der Waals surface area contributed by atoms with Crippen LogP contribution in [0.25, 0.3) is 0 Å². The molecule has 114 valence electrons. The maximum atomic E-state index is 6.16. The van der Waals surface area contributed by atoms with E-state index in [4.69, 9.17) is 10.5 Å². The summed E-state index contributed by atoms with van der Waals surface area (Å²) in [6.45, 7) is 10.7. The maximum absolute atomic E-state index is 6.16. The van der Waals surface area contributed by atoms with Crippen molar-refractivity contribution in [3.8, 4) is 0 Å². The van der Waals surface area contributed by atoms with Crippen LogP contribution in [-0.4, -0.2) is 43.8 Å². The molecule has 0 aliphatic carbocycles. The second-order valence-corrected chi connectivity index (χ2v) is 6.44. The molecule has 1 saturated heterocycles. The van der Waals surface area contributed by atoms with E-state index in [1.165, 1.54) is 32.2 Å². The summed E-state index contributed by atoms with van der Waals surface area (Å²) in [6, 6.07) is 0. The molecule has 19 heavy (non-hydrogen) atoms. The van der Waals surface area contributed by atoms with Gasteiger partial charge in [-0.3, -0.25) is 4.90 Å². The van der Waals surface area contributed by atoms with E-state index in [0.29, 0.717) is 0 Å². The summed E-state index contributed by atoms with van der Waals surface area (Å²) < 4.78 is 5.46. The van der Waals surface area contributed by atoms with Crippen LogP contribution >= 0.6 is 0 Å². The minimum Gasteiger partial charge on any atom is -0.381 e. The van der Waals surface area contributed by atoms with Crippen LogP contribution in [0.3, 0.4) is 0 Å². The van der Waals surface area contributed by atoms with Gasteiger partial charge < -0.3 is 10.5 Å². The standard InChI is InChI=1S/C16H34N2O/c1-5-14(3)11-16(6-2,13-17)18(4)12-15-7-9-19-10-8-15/h14-15H,5-13,17H2,1-4H3. The van der Waals surface area contributed by atoms with Crippen LogP contribution in [0.15, 0.2) is 0 Å². The number of nitrogens with zero attached hydrogens (tertiary/aromatic N) is 1. The summed E-state index contributed by atoms with van der Waals surface area (Å²) in [6.07, 6.45) is 6.02. The SMILES string of the molecule is CCC(C)CC(CC)(CN)N(C)CC1CCOCC1. The van der Waals surface area contributed by atoms with Crippen molar-refractivity contribution in [2.24, 2.45) is 17.6 Å². The van der Waals surface area contributed by atoms with Crippen LogP contribution in [0.1, 0.15) is 52.9 Å². The average Bonchev–Trinajstić information content (AvgIpc) is 2.45. The Bertz CT molecular complexity index is 235. The molecule has 0 amide bonds. The first-order chi connectivity index (χ1) is 9.07. The summed E-state index contributed by atoms with van der Waals surface area (Å²) in [7, 11) is 2.27. The molecule has 0 bridgehead atoms. The molecule has 1 heterocycles. The highest BCUT2D eigenvalue weighted by molar-refractivity contribution is 4.91. The van der Waals surface area contributed by atoms with Crippen molar-refractivity contribution in [1.29, 1.82) is 0 Å². The van der Waals surface area contributed by atoms with Gasteiger partial charge in [0.15, 0.2) is 0 Å². The topological polar surface area (TPSA) is 38.5 Å². The van der Waals surface area contributed by atoms with Crippen molar-refractivity contribution >= 4 is 0 Å². The van der Waals surface area contributed by atoms with E-state index in [2.05, 4.69) is 32.7 Å². The van der Waals surface area contributed by atoms with Crippen molar-refractivity contribution in [3.05, 3.63) is 0 Å². The zero-order valence-electron chi connectivity index (χ0n) is 13.5. The first kappa shape index (κ1) is 16.9. The lowest BCUT2D eigenvalue weighted by atomic mass is 9.82. The van der Waals surface area contributed by atoms with E-state index in [1.54, 1.807) is 0 Å². The van der Waals surface area contributed by atoms with Gasteiger partial charge in [0.2, 0.25) is 0 Å². The fourth-order valence-corrected chi connectivity index (χ4v) is 3.26. The first-order valence-electron chi connectivity index (χ1n) is 8.07. The number of hydrogen-bond donors (Lipinski definition) is 1. The van der Waals surface area contributed by atoms with E-state index in [-0.39, 0.29) is 5.54 Å². The molecule has 0 saturated carbocycles. The van der Waals surface area contributed by atoms with Gasteiger partial charge in [-0.15, -0.1) is 0 Å². The van der Waals surface area contributed by atoms with E-state index in [9.17, 15) is 0 Å². The smallest absolute Gasteiger partial charge is 0.0469 e. The first-order valence-corrected chi connectivity index (χ1v) is 8.07. The van der Waals surface area contributed by atoms with Crippen molar-refractivity contribution in [1.82, 2.24) is 4.90 Å². The van der Waals surface area contributed by atoms with Crippen molar-refractivity contribution < 1.29 is 4.74 Å². The predicted octanol–water partition coefficient (Wildman–Crippen LogP) is 2.89. The maximum Gasteiger partial charge on any atom is 0.0469 e. The molecule has 0 aromatic heterocycles. The van der Waals surface area contributed by atoms with Crippen LogP contribution in [0.2, 0.25) is 0 Å².